The Labute approximate surface area is 117 Å². The maximum atomic E-state index is 12.1. The van der Waals surface area contributed by atoms with E-state index in [0.717, 1.165) is 18.5 Å². The summed E-state index contributed by atoms with van der Waals surface area (Å²) in [4.78, 5) is 4.11. The molecule has 1 aromatic rings. The van der Waals surface area contributed by atoms with Crippen LogP contribution < -0.4 is 4.72 Å². The quantitative estimate of drug-likeness (QED) is 0.788. The van der Waals surface area contributed by atoms with Crippen molar-refractivity contribution in [3.05, 3.63) is 16.6 Å². The van der Waals surface area contributed by atoms with Crippen molar-refractivity contribution in [1.82, 2.24) is 14.0 Å². The van der Waals surface area contributed by atoms with Crippen LogP contribution in [0.4, 0.5) is 0 Å². The predicted molar refractivity (Wildman–Crippen MR) is 74.1 cm³/mol. The van der Waals surface area contributed by atoms with Crippen molar-refractivity contribution >= 4 is 21.5 Å². The minimum atomic E-state index is -3.43. The number of hydrogen-bond acceptors (Lipinski definition) is 5. The topological polar surface area (TPSA) is 82.5 Å². The SMILES string of the molecule is O=S(=O)(NCCc1cscn1)N1CCCC(CO)C1. The van der Waals surface area contributed by atoms with Crippen LogP contribution in [0, 0.1) is 5.92 Å². The highest BCUT2D eigenvalue weighted by Crippen LogP contribution is 2.17. The van der Waals surface area contributed by atoms with Gasteiger partial charge in [-0.1, -0.05) is 0 Å². The smallest absolute Gasteiger partial charge is 0.279 e. The van der Waals surface area contributed by atoms with Crippen LogP contribution in [0.3, 0.4) is 0 Å². The number of aliphatic hydroxyl groups is 1. The standard InChI is InChI=1S/C11H19N3O3S2/c15-7-10-2-1-5-14(6-10)19(16,17)13-4-3-11-8-18-9-12-11/h8-10,13,15H,1-7H2. The lowest BCUT2D eigenvalue weighted by Gasteiger charge is -2.30. The number of thiazole rings is 1. The highest BCUT2D eigenvalue weighted by atomic mass is 32.2. The molecule has 0 bridgehead atoms. The Morgan fingerprint density at radius 3 is 3.11 bits per heavy atom. The minimum Gasteiger partial charge on any atom is -0.396 e. The summed E-state index contributed by atoms with van der Waals surface area (Å²) in [6.45, 7) is 1.34. The zero-order valence-corrected chi connectivity index (χ0v) is 12.3. The summed E-state index contributed by atoms with van der Waals surface area (Å²) in [5.41, 5.74) is 2.64. The molecule has 0 amide bonds. The van der Waals surface area contributed by atoms with Crippen LogP contribution in [0.15, 0.2) is 10.9 Å². The van der Waals surface area contributed by atoms with Crippen LogP contribution in [-0.4, -0.2) is 49.1 Å². The lowest BCUT2D eigenvalue weighted by molar-refractivity contribution is 0.165. The lowest BCUT2D eigenvalue weighted by Crippen LogP contribution is -2.47. The third-order valence-corrected chi connectivity index (χ3v) is 5.44. The number of nitrogens with zero attached hydrogens (tertiary/aromatic N) is 2. The van der Waals surface area contributed by atoms with Crippen molar-refractivity contribution in [2.75, 3.05) is 26.2 Å². The number of nitrogens with one attached hydrogen (secondary N) is 1. The van der Waals surface area contributed by atoms with E-state index >= 15 is 0 Å². The maximum absolute atomic E-state index is 12.1. The average molecular weight is 305 g/mol. The lowest BCUT2D eigenvalue weighted by atomic mass is 10.0. The summed E-state index contributed by atoms with van der Waals surface area (Å²) in [7, 11) is -3.43. The van der Waals surface area contributed by atoms with E-state index in [-0.39, 0.29) is 12.5 Å². The Bertz CT molecular complexity index is 475. The third kappa shape index (κ3) is 4.22. The Balaban J connectivity index is 1.83. The van der Waals surface area contributed by atoms with Gasteiger partial charge in [0, 0.05) is 38.0 Å². The second-order valence-corrected chi connectivity index (χ2v) is 7.15. The molecule has 2 heterocycles. The molecule has 2 rings (SSSR count). The molecule has 2 N–H and O–H groups in total. The molecule has 0 radical (unpaired) electrons. The van der Waals surface area contributed by atoms with E-state index in [0.29, 0.717) is 26.1 Å². The number of aromatic nitrogens is 1. The Hall–Kier alpha value is -0.540. The van der Waals surface area contributed by atoms with Crippen molar-refractivity contribution in [2.24, 2.45) is 5.92 Å². The van der Waals surface area contributed by atoms with Gasteiger partial charge in [-0.15, -0.1) is 11.3 Å². The fourth-order valence-corrected chi connectivity index (χ4v) is 4.07. The molecule has 6 nitrogen and oxygen atoms in total. The Morgan fingerprint density at radius 2 is 2.42 bits per heavy atom. The van der Waals surface area contributed by atoms with Gasteiger partial charge in [0.15, 0.2) is 0 Å². The van der Waals surface area contributed by atoms with Gasteiger partial charge in [0.05, 0.1) is 11.2 Å². The molecule has 8 heteroatoms. The first-order chi connectivity index (χ1) is 9.12. The van der Waals surface area contributed by atoms with E-state index in [1.165, 1.54) is 15.6 Å². The Morgan fingerprint density at radius 1 is 1.58 bits per heavy atom. The molecule has 1 aliphatic heterocycles. The average Bonchev–Trinajstić information content (AvgIpc) is 2.92. The monoisotopic (exact) mass is 305 g/mol. The van der Waals surface area contributed by atoms with Gasteiger partial charge in [-0.2, -0.15) is 12.7 Å². The van der Waals surface area contributed by atoms with Crippen LogP contribution in [0.1, 0.15) is 18.5 Å². The van der Waals surface area contributed by atoms with E-state index in [1.807, 2.05) is 5.38 Å². The van der Waals surface area contributed by atoms with Gasteiger partial charge in [-0.05, 0) is 18.8 Å². The maximum Gasteiger partial charge on any atom is 0.279 e. The van der Waals surface area contributed by atoms with Crippen LogP contribution in [-0.2, 0) is 16.6 Å². The van der Waals surface area contributed by atoms with Crippen molar-refractivity contribution < 1.29 is 13.5 Å². The molecule has 1 aliphatic rings. The normalized spacial score (nSPS) is 21.6. The molecule has 0 spiro atoms. The zero-order valence-electron chi connectivity index (χ0n) is 10.7. The first-order valence-electron chi connectivity index (χ1n) is 6.34. The second-order valence-electron chi connectivity index (χ2n) is 4.68. The summed E-state index contributed by atoms with van der Waals surface area (Å²) < 4.78 is 28.2. The second kappa shape index (κ2) is 6.76. The summed E-state index contributed by atoms with van der Waals surface area (Å²) in [6, 6.07) is 0. The summed E-state index contributed by atoms with van der Waals surface area (Å²) >= 11 is 1.50. The van der Waals surface area contributed by atoms with E-state index in [9.17, 15) is 8.42 Å². The molecule has 1 saturated heterocycles. The molecule has 0 aromatic carbocycles. The molecule has 108 valence electrons. The number of hydrogen-bond donors (Lipinski definition) is 2. The van der Waals surface area contributed by atoms with Gasteiger partial charge >= 0.3 is 0 Å². The molecule has 0 aliphatic carbocycles. The molecule has 0 saturated carbocycles. The molecule has 1 unspecified atom stereocenters. The van der Waals surface area contributed by atoms with Gasteiger partial charge in [-0.3, -0.25) is 0 Å². The van der Waals surface area contributed by atoms with Gasteiger partial charge in [-0.25, -0.2) is 9.71 Å². The van der Waals surface area contributed by atoms with Gasteiger partial charge in [0.2, 0.25) is 0 Å². The first kappa shape index (κ1) is 14.9. The van der Waals surface area contributed by atoms with E-state index in [1.54, 1.807) is 5.51 Å². The highest BCUT2D eigenvalue weighted by molar-refractivity contribution is 7.87. The summed E-state index contributed by atoms with van der Waals surface area (Å²) in [6.07, 6.45) is 2.29. The van der Waals surface area contributed by atoms with Gasteiger partial charge in [0.25, 0.3) is 10.2 Å². The van der Waals surface area contributed by atoms with E-state index in [2.05, 4.69) is 9.71 Å². The van der Waals surface area contributed by atoms with Gasteiger partial charge < -0.3 is 5.11 Å². The third-order valence-electron chi connectivity index (χ3n) is 3.23. The number of aliphatic hydroxyl groups excluding tert-OH is 1. The van der Waals surface area contributed by atoms with Crippen molar-refractivity contribution in [1.29, 1.82) is 0 Å². The fraction of sp³-hybridized carbons (Fsp3) is 0.727. The van der Waals surface area contributed by atoms with E-state index < -0.39 is 10.2 Å². The molecule has 1 aromatic heterocycles. The van der Waals surface area contributed by atoms with Crippen molar-refractivity contribution in [2.45, 2.75) is 19.3 Å². The molecule has 1 fully saturated rings. The Kier molecular flexibility index (Phi) is 5.28. The summed E-state index contributed by atoms with van der Waals surface area (Å²) in [5.74, 6) is 0.0591. The fourth-order valence-electron chi connectivity index (χ4n) is 2.15. The van der Waals surface area contributed by atoms with E-state index in [4.69, 9.17) is 5.11 Å². The molecule has 1 atom stereocenters. The zero-order chi connectivity index (χ0) is 13.7. The molecule has 19 heavy (non-hydrogen) atoms. The van der Waals surface area contributed by atoms with Crippen LogP contribution in [0.2, 0.25) is 0 Å². The van der Waals surface area contributed by atoms with Crippen LogP contribution >= 0.6 is 11.3 Å². The van der Waals surface area contributed by atoms with Crippen LogP contribution in [0.25, 0.3) is 0 Å². The van der Waals surface area contributed by atoms with Crippen molar-refractivity contribution in [3.8, 4) is 0 Å². The summed E-state index contributed by atoms with van der Waals surface area (Å²) in [5, 5.41) is 11.0. The van der Waals surface area contributed by atoms with Crippen LogP contribution in [0.5, 0.6) is 0 Å². The molecular formula is C11H19N3O3S2. The first-order valence-corrected chi connectivity index (χ1v) is 8.73. The minimum absolute atomic E-state index is 0.0465. The highest BCUT2D eigenvalue weighted by Gasteiger charge is 2.28. The van der Waals surface area contributed by atoms with Gasteiger partial charge in [0.1, 0.15) is 0 Å². The van der Waals surface area contributed by atoms with Crippen molar-refractivity contribution in [3.63, 3.8) is 0 Å². The number of piperidine rings is 1. The number of rotatable bonds is 6. The predicted octanol–water partition coefficient (Wildman–Crippen LogP) is 0.224. The largest absolute Gasteiger partial charge is 0.396 e. The molecular weight excluding hydrogens is 286 g/mol.